The maximum Gasteiger partial charge on any atom is 0.317 e. The van der Waals surface area contributed by atoms with E-state index < -0.39 is 35.0 Å². The van der Waals surface area contributed by atoms with Gasteiger partial charge in [0, 0.05) is 11.1 Å². The predicted octanol–water partition coefficient (Wildman–Crippen LogP) is 0.636. The van der Waals surface area contributed by atoms with Crippen LogP contribution >= 0.6 is 23.4 Å². The lowest BCUT2D eigenvalue weighted by Crippen LogP contribution is -2.29. The summed E-state index contributed by atoms with van der Waals surface area (Å²) in [4.78, 5) is 21.1. The van der Waals surface area contributed by atoms with E-state index in [1.165, 1.54) is 6.92 Å². The summed E-state index contributed by atoms with van der Waals surface area (Å²) in [5.74, 6) is -2.32. The molecule has 88 valence electrons. The molecule has 0 aromatic heterocycles. The molecule has 0 saturated carbocycles. The molecule has 0 aliphatic rings. The van der Waals surface area contributed by atoms with Gasteiger partial charge < -0.3 is 15.3 Å². The Balaban J connectivity index is 4.38. The monoisotopic (exact) mass is 256 g/mol. The summed E-state index contributed by atoms with van der Waals surface area (Å²) in [7, 11) is 0. The van der Waals surface area contributed by atoms with Crippen LogP contribution in [0.15, 0.2) is 0 Å². The van der Waals surface area contributed by atoms with E-state index in [2.05, 4.69) is 0 Å². The van der Waals surface area contributed by atoms with Crippen LogP contribution in [0.2, 0.25) is 0 Å². The van der Waals surface area contributed by atoms with Crippen molar-refractivity contribution in [3.63, 3.8) is 0 Å². The third kappa shape index (κ3) is 5.86. The summed E-state index contributed by atoms with van der Waals surface area (Å²) in [6.07, 6.45) is -1.26. The van der Waals surface area contributed by atoms with Crippen molar-refractivity contribution in [3.8, 4) is 0 Å². The molecule has 0 fully saturated rings. The van der Waals surface area contributed by atoms with Gasteiger partial charge in [-0.3, -0.25) is 9.59 Å². The van der Waals surface area contributed by atoms with Gasteiger partial charge in [-0.25, -0.2) is 0 Å². The predicted molar refractivity (Wildman–Crippen MR) is 57.5 cm³/mol. The molecular formula is C8H13ClO5S. The van der Waals surface area contributed by atoms with Crippen molar-refractivity contribution in [3.05, 3.63) is 0 Å². The van der Waals surface area contributed by atoms with Crippen molar-refractivity contribution in [2.24, 2.45) is 0 Å². The Morgan fingerprint density at radius 1 is 1.40 bits per heavy atom. The summed E-state index contributed by atoms with van der Waals surface area (Å²) in [6.45, 7) is 1.49. The average molecular weight is 257 g/mol. The fourth-order valence-corrected chi connectivity index (χ4v) is 2.40. The van der Waals surface area contributed by atoms with Crippen LogP contribution in [0.4, 0.5) is 0 Å². The van der Waals surface area contributed by atoms with Crippen molar-refractivity contribution >= 4 is 35.3 Å². The lowest BCUT2D eigenvalue weighted by molar-refractivity contribution is -0.142. The molecule has 5 nitrogen and oxygen atoms in total. The van der Waals surface area contributed by atoms with Crippen LogP contribution in [-0.2, 0) is 9.59 Å². The SMILES string of the molecule is CC(O)C(CCl)SC(CC(=O)O)C(=O)O. The Morgan fingerprint density at radius 2 is 1.93 bits per heavy atom. The highest BCUT2D eigenvalue weighted by Gasteiger charge is 2.27. The molecule has 3 unspecified atom stereocenters. The molecule has 0 heterocycles. The van der Waals surface area contributed by atoms with E-state index in [-0.39, 0.29) is 5.88 Å². The molecule has 7 heteroatoms. The normalized spacial score (nSPS) is 16.7. The molecule has 0 aromatic rings. The van der Waals surface area contributed by atoms with Gasteiger partial charge in [-0.05, 0) is 6.92 Å². The van der Waals surface area contributed by atoms with E-state index in [1.54, 1.807) is 0 Å². The molecule has 0 saturated heterocycles. The fourth-order valence-electron chi connectivity index (χ4n) is 0.842. The van der Waals surface area contributed by atoms with E-state index in [9.17, 15) is 14.7 Å². The third-order valence-corrected chi connectivity index (χ3v) is 3.79. The zero-order chi connectivity index (χ0) is 12.0. The van der Waals surface area contributed by atoms with E-state index in [0.717, 1.165) is 11.8 Å². The summed E-state index contributed by atoms with van der Waals surface area (Å²) < 4.78 is 0. The van der Waals surface area contributed by atoms with E-state index in [0.29, 0.717) is 0 Å². The smallest absolute Gasteiger partial charge is 0.317 e. The first-order valence-corrected chi connectivity index (χ1v) is 5.70. The van der Waals surface area contributed by atoms with Crippen LogP contribution in [-0.4, -0.2) is 49.7 Å². The number of carbonyl (C=O) groups is 2. The van der Waals surface area contributed by atoms with Crippen LogP contribution in [0.1, 0.15) is 13.3 Å². The molecule has 0 aliphatic carbocycles. The number of rotatable bonds is 7. The second kappa shape index (κ2) is 6.92. The number of aliphatic hydroxyl groups excluding tert-OH is 1. The van der Waals surface area contributed by atoms with Gasteiger partial charge in [-0.15, -0.1) is 23.4 Å². The van der Waals surface area contributed by atoms with Crippen LogP contribution in [0.25, 0.3) is 0 Å². The highest BCUT2D eigenvalue weighted by Crippen LogP contribution is 2.24. The van der Waals surface area contributed by atoms with Crippen molar-refractivity contribution < 1.29 is 24.9 Å². The highest BCUT2D eigenvalue weighted by molar-refractivity contribution is 8.01. The minimum absolute atomic E-state index is 0.0751. The molecule has 0 aromatic carbocycles. The molecule has 0 bridgehead atoms. The Bertz CT molecular complexity index is 233. The Hall–Kier alpha value is -0.460. The van der Waals surface area contributed by atoms with Gasteiger partial charge in [-0.2, -0.15) is 0 Å². The second-order valence-corrected chi connectivity index (χ2v) is 4.75. The number of aliphatic carboxylic acids is 2. The lowest BCUT2D eigenvalue weighted by Gasteiger charge is -2.19. The van der Waals surface area contributed by atoms with Crippen LogP contribution in [0.5, 0.6) is 0 Å². The minimum Gasteiger partial charge on any atom is -0.481 e. The molecule has 0 radical (unpaired) electrons. The number of halogens is 1. The largest absolute Gasteiger partial charge is 0.481 e. The van der Waals surface area contributed by atoms with Gasteiger partial charge in [0.2, 0.25) is 0 Å². The second-order valence-electron chi connectivity index (χ2n) is 2.99. The summed E-state index contributed by atoms with van der Waals surface area (Å²) in [6, 6.07) is 0. The lowest BCUT2D eigenvalue weighted by atomic mass is 10.3. The molecule has 0 aliphatic heterocycles. The zero-order valence-corrected chi connectivity index (χ0v) is 9.66. The Labute approximate surface area is 96.4 Å². The molecular weight excluding hydrogens is 244 g/mol. The van der Waals surface area contributed by atoms with Crippen molar-refractivity contribution in [2.75, 3.05) is 5.88 Å². The minimum atomic E-state index is -1.21. The molecule has 0 spiro atoms. The Kier molecular flexibility index (Phi) is 6.71. The summed E-state index contributed by atoms with van der Waals surface area (Å²) in [5.41, 5.74) is 0. The standard InChI is InChI=1S/C8H13ClO5S/c1-4(10)6(3-9)15-5(8(13)14)2-7(11)12/h4-6,10H,2-3H2,1H3,(H,11,12)(H,13,14). The fraction of sp³-hybridized carbons (Fsp3) is 0.750. The first-order chi connectivity index (χ1) is 6.88. The van der Waals surface area contributed by atoms with Crippen molar-refractivity contribution in [2.45, 2.75) is 29.9 Å². The van der Waals surface area contributed by atoms with Crippen molar-refractivity contribution in [1.82, 2.24) is 0 Å². The van der Waals surface area contributed by atoms with Crippen LogP contribution < -0.4 is 0 Å². The van der Waals surface area contributed by atoms with E-state index >= 15 is 0 Å². The molecule has 0 amide bonds. The third-order valence-electron chi connectivity index (χ3n) is 1.66. The van der Waals surface area contributed by atoms with Gasteiger partial charge in [0.05, 0.1) is 12.5 Å². The van der Waals surface area contributed by atoms with Crippen LogP contribution in [0, 0.1) is 0 Å². The topological polar surface area (TPSA) is 94.8 Å². The van der Waals surface area contributed by atoms with Gasteiger partial charge >= 0.3 is 11.9 Å². The first kappa shape index (κ1) is 14.5. The Morgan fingerprint density at radius 3 is 2.20 bits per heavy atom. The molecule has 0 rings (SSSR count). The number of thioether (sulfide) groups is 1. The maximum atomic E-state index is 10.7. The maximum absolute atomic E-state index is 10.7. The van der Waals surface area contributed by atoms with E-state index in [1.807, 2.05) is 0 Å². The zero-order valence-electron chi connectivity index (χ0n) is 8.09. The molecule has 3 N–H and O–H groups in total. The number of hydrogen-bond acceptors (Lipinski definition) is 4. The highest BCUT2D eigenvalue weighted by atomic mass is 35.5. The quantitative estimate of drug-likeness (QED) is 0.579. The number of alkyl halides is 1. The van der Waals surface area contributed by atoms with Gasteiger partial charge in [-0.1, -0.05) is 0 Å². The summed E-state index contributed by atoms with van der Waals surface area (Å²) in [5, 5.41) is 24.9. The van der Waals surface area contributed by atoms with Gasteiger partial charge in [0.1, 0.15) is 5.25 Å². The van der Waals surface area contributed by atoms with Gasteiger partial charge in [0.25, 0.3) is 0 Å². The molecule has 3 atom stereocenters. The van der Waals surface area contributed by atoms with Gasteiger partial charge in [0.15, 0.2) is 0 Å². The average Bonchev–Trinajstić information content (AvgIpc) is 2.10. The first-order valence-electron chi connectivity index (χ1n) is 4.22. The summed E-state index contributed by atoms with van der Waals surface area (Å²) >= 11 is 6.40. The number of carboxylic acids is 2. The number of hydrogen-bond donors (Lipinski definition) is 3. The number of carboxylic acid groups (broad SMARTS) is 2. The van der Waals surface area contributed by atoms with Crippen molar-refractivity contribution in [1.29, 1.82) is 0 Å². The number of aliphatic hydroxyl groups is 1. The molecule has 15 heavy (non-hydrogen) atoms. The van der Waals surface area contributed by atoms with E-state index in [4.69, 9.17) is 21.8 Å². The van der Waals surface area contributed by atoms with Crippen LogP contribution in [0.3, 0.4) is 0 Å².